The van der Waals surface area contributed by atoms with E-state index >= 15 is 0 Å². The van der Waals surface area contributed by atoms with Gasteiger partial charge in [0.2, 0.25) is 5.56 Å². The Hall–Kier alpha value is -3.20. The van der Waals surface area contributed by atoms with Gasteiger partial charge in [-0.2, -0.15) is 0 Å². The van der Waals surface area contributed by atoms with Gasteiger partial charge in [-0.15, -0.1) is 0 Å². The van der Waals surface area contributed by atoms with Gasteiger partial charge >= 0.3 is 0 Å². The molecule has 2 aliphatic heterocycles. The predicted octanol–water partition coefficient (Wildman–Crippen LogP) is 2.49. The monoisotopic (exact) mass is 462 g/mol. The lowest BCUT2D eigenvalue weighted by atomic mass is 10.1. The number of fused-ring (bicyclic) bond motifs is 1. The first-order valence-electron chi connectivity index (χ1n) is 11.8. The molecule has 0 bridgehead atoms. The molecule has 1 atom stereocenters. The van der Waals surface area contributed by atoms with Gasteiger partial charge in [0, 0.05) is 61.1 Å². The summed E-state index contributed by atoms with van der Waals surface area (Å²) in [5.41, 5.74) is 4.62. The van der Waals surface area contributed by atoms with Crippen LogP contribution in [0.1, 0.15) is 27.9 Å². The van der Waals surface area contributed by atoms with E-state index in [-0.39, 0.29) is 17.6 Å². The predicted molar refractivity (Wildman–Crippen MR) is 133 cm³/mol. The fourth-order valence-electron chi connectivity index (χ4n) is 4.82. The minimum atomic E-state index is -0.380. The van der Waals surface area contributed by atoms with Gasteiger partial charge < -0.3 is 25.0 Å². The molecule has 2 aromatic carbocycles. The maximum atomic E-state index is 13.5. The number of carbonyl (C=O) groups excluding carboxylic acids is 1. The number of aryl methyl sites for hydroxylation is 1. The van der Waals surface area contributed by atoms with Crippen molar-refractivity contribution in [2.24, 2.45) is 0 Å². The molecule has 8 nitrogen and oxygen atoms in total. The summed E-state index contributed by atoms with van der Waals surface area (Å²) in [6.07, 6.45) is 0.313. The van der Waals surface area contributed by atoms with Gasteiger partial charge in [0.15, 0.2) is 0 Å². The second kappa shape index (κ2) is 9.58. The molecular weight excluding hydrogens is 432 g/mol. The van der Waals surface area contributed by atoms with E-state index in [1.165, 1.54) is 0 Å². The van der Waals surface area contributed by atoms with Crippen molar-refractivity contribution in [3.05, 3.63) is 69.5 Å². The minimum Gasteiger partial charge on any atom is -0.391 e. The average molecular weight is 463 g/mol. The molecule has 5 rings (SSSR count). The third-order valence-corrected chi connectivity index (χ3v) is 6.63. The van der Waals surface area contributed by atoms with Crippen LogP contribution in [0.25, 0.3) is 10.9 Å². The Bertz CT molecular complexity index is 1270. The van der Waals surface area contributed by atoms with Crippen molar-refractivity contribution in [1.29, 1.82) is 0 Å². The van der Waals surface area contributed by atoms with Crippen molar-refractivity contribution in [3.63, 3.8) is 0 Å². The molecular formula is C26H30N4O4. The van der Waals surface area contributed by atoms with Crippen LogP contribution in [0.3, 0.4) is 0 Å². The van der Waals surface area contributed by atoms with Crippen LogP contribution in [0, 0.1) is 6.92 Å². The number of aliphatic hydroxyl groups excluding tert-OH is 1. The smallest absolute Gasteiger partial charge is 0.257 e. The van der Waals surface area contributed by atoms with E-state index in [9.17, 15) is 14.7 Å². The summed E-state index contributed by atoms with van der Waals surface area (Å²) in [5, 5.41) is 14.0. The normalized spacial score (nSPS) is 19.0. The van der Waals surface area contributed by atoms with Crippen LogP contribution in [0.15, 0.2) is 47.3 Å². The Morgan fingerprint density at radius 2 is 1.97 bits per heavy atom. The third-order valence-electron chi connectivity index (χ3n) is 6.63. The van der Waals surface area contributed by atoms with Crippen molar-refractivity contribution < 1.29 is 14.6 Å². The van der Waals surface area contributed by atoms with Gasteiger partial charge in [0.1, 0.15) is 0 Å². The largest absolute Gasteiger partial charge is 0.391 e. The molecule has 0 saturated carbocycles. The first-order chi connectivity index (χ1) is 16.5. The Labute approximate surface area is 198 Å². The molecule has 1 amide bonds. The van der Waals surface area contributed by atoms with Crippen LogP contribution in [-0.2, 0) is 11.3 Å². The fourth-order valence-corrected chi connectivity index (χ4v) is 4.82. The molecule has 3 aromatic rings. The number of morpholine rings is 1. The van der Waals surface area contributed by atoms with Gasteiger partial charge in [0.25, 0.3) is 5.91 Å². The maximum absolute atomic E-state index is 13.5. The second-order valence-corrected chi connectivity index (χ2v) is 9.16. The minimum absolute atomic E-state index is 0.142. The molecule has 0 spiro atoms. The topological polar surface area (TPSA) is 97.9 Å². The highest BCUT2D eigenvalue weighted by Gasteiger charge is 2.25. The number of anilines is 2. The van der Waals surface area contributed by atoms with Crippen molar-refractivity contribution >= 4 is 28.2 Å². The number of aromatic amines is 1. The van der Waals surface area contributed by atoms with Crippen LogP contribution >= 0.6 is 0 Å². The number of ether oxygens (including phenoxy) is 1. The highest BCUT2D eigenvalue weighted by Crippen LogP contribution is 2.28. The number of aliphatic hydroxyl groups is 1. The molecule has 1 unspecified atom stereocenters. The van der Waals surface area contributed by atoms with Crippen LogP contribution in [0.5, 0.6) is 0 Å². The van der Waals surface area contributed by atoms with Crippen LogP contribution in [0.2, 0.25) is 0 Å². The summed E-state index contributed by atoms with van der Waals surface area (Å²) in [6.45, 7) is 7.08. The Morgan fingerprint density at radius 1 is 1.15 bits per heavy atom. The van der Waals surface area contributed by atoms with E-state index in [0.29, 0.717) is 30.8 Å². The van der Waals surface area contributed by atoms with Gasteiger partial charge in [0.05, 0.1) is 24.9 Å². The number of nitrogens with one attached hydrogen (secondary N) is 2. The van der Waals surface area contributed by atoms with Gasteiger partial charge in [-0.3, -0.25) is 14.5 Å². The molecule has 3 heterocycles. The number of nitrogens with zero attached hydrogens (tertiary/aromatic N) is 2. The standard InChI is InChI=1S/C26H30N4O4/c1-17-12-25(32)28-23-4-3-19(14-21(17)23)27-26(33)22-13-18(15-29-8-10-34-11-9-29)2-5-24(22)30-7-6-20(31)16-30/h2-5,12-14,20,31H,6-11,15-16H2,1H3,(H,27,33)(H,28,32). The lowest BCUT2D eigenvalue weighted by Crippen LogP contribution is -2.35. The first-order valence-corrected chi connectivity index (χ1v) is 11.8. The zero-order valence-electron chi connectivity index (χ0n) is 19.3. The SMILES string of the molecule is Cc1cc(=O)[nH]c2ccc(NC(=O)c3cc(CN4CCOCC4)ccc3N3CCC(O)C3)cc12. The van der Waals surface area contributed by atoms with Crippen LogP contribution < -0.4 is 15.8 Å². The van der Waals surface area contributed by atoms with Gasteiger partial charge in [-0.25, -0.2) is 0 Å². The summed E-state index contributed by atoms with van der Waals surface area (Å²) in [6, 6.07) is 13.1. The number of rotatable bonds is 5. The second-order valence-electron chi connectivity index (χ2n) is 9.16. The number of β-amino-alcohol motifs (C(OH)–C–C–N with tert-alkyl or cyclic N) is 1. The summed E-state index contributed by atoms with van der Waals surface area (Å²) in [7, 11) is 0. The number of H-pyrrole nitrogens is 1. The quantitative estimate of drug-likeness (QED) is 0.539. The molecule has 8 heteroatoms. The molecule has 2 fully saturated rings. The zero-order chi connectivity index (χ0) is 23.7. The lowest BCUT2D eigenvalue weighted by Gasteiger charge is -2.27. The van der Waals surface area contributed by atoms with Crippen molar-refractivity contribution in [1.82, 2.24) is 9.88 Å². The molecule has 0 aliphatic carbocycles. The van der Waals surface area contributed by atoms with E-state index in [1.54, 1.807) is 12.1 Å². The average Bonchev–Trinajstić information content (AvgIpc) is 3.26. The zero-order valence-corrected chi connectivity index (χ0v) is 19.3. The van der Waals surface area contributed by atoms with Crippen molar-refractivity contribution in [3.8, 4) is 0 Å². The van der Waals surface area contributed by atoms with Crippen LogP contribution in [-0.4, -0.2) is 66.4 Å². The molecule has 1 aromatic heterocycles. The first kappa shape index (κ1) is 22.6. The molecule has 3 N–H and O–H groups in total. The summed E-state index contributed by atoms with van der Waals surface area (Å²) in [5.74, 6) is -0.193. The molecule has 34 heavy (non-hydrogen) atoms. The highest BCUT2D eigenvalue weighted by atomic mass is 16.5. The van der Waals surface area contributed by atoms with Crippen molar-refractivity contribution in [2.45, 2.75) is 26.0 Å². The Kier molecular flexibility index (Phi) is 6.36. The number of hydrogen-bond donors (Lipinski definition) is 3. The fraction of sp³-hybridized carbons (Fsp3) is 0.385. The lowest BCUT2D eigenvalue weighted by molar-refractivity contribution is 0.0342. The van der Waals surface area contributed by atoms with E-state index < -0.39 is 0 Å². The summed E-state index contributed by atoms with van der Waals surface area (Å²) < 4.78 is 5.45. The Morgan fingerprint density at radius 3 is 2.74 bits per heavy atom. The Balaban J connectivity index is 1.44. The number of benzene rings is 2. The third kappa shape index (κ3) is 4.84. The number of amides is 1. The van der Waals surface area contributed by atoms with E-state index in [0.717, 1.165) is 60.6 Å². The highest BCUT2D eigenvalue weighted by molar-refractivity contribution is 6.09. The molecule has 2 saturated heterocycles. The van der Waals surface area contributed by atoms with E-state index in [2.05, 4.69) is 26.2 Å². The molecule has 0 radical (unpaired) electrons. The van der Waals surface area contributed by atoms with E-state index in [4.69, 9.17) is 4.74 Å². The van der Waals surface area contributed by atoms with E-state index in [1.807, 2.05) is 31.2 Å². The van der Waals surface area contributed by atoms with Crippen LogP contribution in [0.4, 0.5) is 11.4 Å². The number of aromatic nitrogens is 1. The summed E-state index contributed by atoms with van der Waals surface area (Å²) in [4.78, 5) is 32.5. The number of pyridine rings is 1. The van der Waals surface area contributed by atoms with Crippen molar-refractivity contribution in [2.75, 3.05) is 49.6 Å². The molecule has 178 valence electrons. The number of carbonyl (C=O) groups is 1. The molecule has 2 aliphatic rings. The van der Waals surface area contributed by atoms with Gasteiger partial charge in [-0.05, 0) is 54.8 Å². The summed E-state index contributed by atoms with van der Waals surface area (Å²) >= 11 is 0. The number of hydrogen-bond acceptors (Lipinski definition) is 6. The van der Waals surface area contributed by atoms with Gasteiger partial charge in [-0.1, -0.05) is 6.07 Å². The maximum Gasteiger partial charge on any atom is 0.257 e.